The summed E-state index contributed by atoms with van der Waals surface area (Å²) in [5.41, 5.74) is 3.04. The minimum atomic E-state index is -0.0760. The van der Waals surface area contributed by atoms with E-state index in [2.05, 4.69) is 62.7 Å². The van der Waals surface area contributed by atoms with Crippen molar-refractivity contribution in [3.8, 4) is 11.5 Å². The van der Waals surface area contributed by atoms with E-state index in [1.54, 1.807) is 7.11 Å². The predicted molar refractivity (Wildman–Crippen MR) is 121 cm³/mol. The Balaban J connectivity index is 1.72. The highest BCUT2D eigenvalue weighted by atomic mass is 79.9. The molecule has 3 nitrogen and oxygen atoms in total. The van der Waals surface area contributed by atoms with Crippen LogP contribution in [-0.2, 0) is 17.6 Å². The molecule has 1 aromatic rings. The standard InChI is InChI=1S/C25H37BrO3/c1-7-16-12-19-17(13-18(16)28-15-27-6)14-21-24(4)10-9-22(26)23(2,3)20(24)8-11-25(21,5)29-19/h12-13,20-22H,7-11,14-15H2,1-6H3/t20-,21-,22-,24-,25+/m0/s1. The Morgan fingerprint density at radius 3 is 2.55 bits per heavy atom. The van der Waals surface area contributed by atoms with E-state index in [1.807, 2.05) is 0 Å². The molecule has 2 fully saturated rings. The number of fused-ring (bicyclic) bond motifs is 4. The fourth-order valence-electron chi connectivity index (χ4n) is 6.95. The van der Waals surface area contributed by atoms with Crippen LogP contribution in [0.5, 0.6) is 11.5 Å². The monoisotopic (exact) mass is 464 g/mol. The lowest BCUT2D eigenvalue weighted by atomic mass is 9.44. The van der Waals surface area contributed by atoms with Crippen LogP contribution >= 0.6 is 15.9 Å². The molecule has 0 N–H and O–H groups in total. The summed E-state index contributed by atoms with van der Waals surface area (Å²) in [6.45, 7) is 12.3. The smallest absolute Gasteiger partial charge is 0.188 e. The normalized spacial score (nSPS) is 37.7. The molecule has 2 saturated carbocycles. The third kappa shape index (κ3) is 3.33. The summed E-state index contributed by atoms with van der Waals surface area (Å²) in [7, 11) is 1.67. The molecule has 4 heteroatoms. The molecule has 1 aromatic carbocycles. The summed E-state index contributed by atoms with van der Waals surface area (Å²) in [5.74, 6) is 3.27. The van der Waals surface area contributed by atoms with E-state index < -0.39 is 0 Å². The van der Waals surface area contributed by atoms with Gasteiger partial charge in [-0.25, -0.2) is 0 Å². The molecule has 1 aliphatic heterocycles. The fourth-order valence-corrected chi connectivity index (χ4v) is 7.50. The largest absolute Gasteiger partial charge is 0.487 e. The fraction of sp³-hybridized carbons (Fsp3) is 0.760. The van der Waals surface area contributed by atoms with Gasteiger partial charge in [-0.2, -0.15) is 0 Å². The van der Waals surface area contributed by atoms with Gasteiger partial charge >= 0.3 is 0 Å². The predicted octanol–water partition coefficient (Wildman–Crippen LogP) is 6.54. The topological polar surface area (TPSA) is 27.7 Å². The van der Waals surface area contributed by atoms with E-state index in [1.165, 1.54) is 30.4 Å². The zero-order valence-electron chi connectivity index (χ0n) is 18.9. The lowest BCUT2D eigenvalue weighted by Gasteiger charge is -2.64. The van der Waals surface area contributed by atoms with Crippen LogP contribution in [0.15, 0.2) is 12.1 Å². The third-order valence-electron chi connectivity index (χ3n) is 8.62. The van der Waals surface area contributed by atoms with Crippen LogP contribution in [0.1, 0.15) is 71.4 Å². The zero-order valence-corrected chi connectivity index (χ0v) is 20.5. The molecule has 4 rings (SSSR count). The molecule has 0 unspecified atom stereocenters. The van der Waals surface area contributed by atoms with Crippen molar-refractivity contribution >= 4 is 15.9 Å². The van der Waals surface area contributed by atoms with Gasteiger partial charge in [-0.05, 0) is 85.5 Å². The summed E-state index contributed by atoms with van der Waals surface area (Å²) in [4.78, 5) is 0.607. The summed E-state index contributed by atoms with van der Waals surface area (Å²) >= 11 is 4.01. The minimum Gasteiger partial charge on any atom is -0.487 e. The van der Waals surface area contributed by atoms with E-state index in [0.717, 1.165) is 36.7 Å². The lowest BCUT2D eigenvalue weighted by molar-refractivity contribution is -0.160. The Kier molecular flexibility index (Phi) is 5.51. The van der Waals surface area contributed by atoms with Crippen molar-refractivity contribution in [2.24, 2.45) is 22.7 Å². The van der Waals surface area contributed by atoms with Crippen molar-refractivity contribution in [2.45, 2.75) is 83.6 Å². The van der Waals surface area contributed by atoms with Gasteiger partial charge in [-0.1, -0.05) is 43.6 Å². The van der Waals surface area contributed by atoms with Gasteiger partial charge in [0.05, 0.1) is 0 Å². The number of rotatable bonds is 4. The molecule has 29 heavy (non-hydrogen) atoms. The number of aryl methyl sites for hydroxylation is 1. The van der Waals surface area contributed by atoms with E-state index in [0.29, 0.717) is 21.6 Å². The van der Waals surface area contributed by atoms with Crippen molar-refractivity contribution in [3.05, 3.63) is 23.3 Å². The van der Waals surface area contributed by atoms with E-state index in [9.17, 15) is 0 Å². The molecule has 0 bridgehead atoms. The molecule has 3 aliphatic rings. The van der Waals surface area contributed by atoms with E-state index in [4.69, 9.17) is 14.2 Å². The Bertz CT molecular complexity index is 776. The van der Waals surface area contributed by atoms with Gasteiger partial charge in [-0.3, -0.25) is 0 Å². The van der Waals surface area contributed by atoms with Crippen LogP contribution in [0.4, 0.5) is 0 Å². The second-order valence-electron chi connectivity index (χ2n) is 10.6. The van der Waals surface area contributed by atoms with Crippen molar-refractivity contribution in [3.63, 3.8) is 0 Å². The van der Waals surface area contributed by atoms with Gasteiger partial charge in [0, 0.05) is 17.9 Å². The van der Waals surface area contributed by atoms with Gasteiger partial charge in [0.25, 0.3) is 0 Å². The first-order chi connectivity index (χ1) is 13.7. The van der Waals surface area contributed by atoms with Crippen LogP contribution in [0, 0.1) is 22.7 Å². The molecular formula is C25H37BrO3. The summed E-state index contributed by atoms with van der Waals surface area (Å²) in [6, 6.07) is 4.44. The van der Waals surface area contributed by atoms with Crippen molar-refractivity contribution in [1.29, 1.82) is 0 Å². The summed E-state index contributed by atoms with van der Waals surface area (Å²) in [5, 5.41) is 0. The third-order valence-corrected chi connectivity index (χ3v) is 10.3. The second-order valence-corrected chi connectivity index (χ2v) is 11.7. The van der Waals surface area contributed by atoms with Crippen LogP contribution < -0.4 is 9.47 Å². The molecular weight excluding hydrogens is 428 g/mol. The van der Waals surface area contributed by atoms with Crippen LogP contribution in [0.2, 0.25) is 0 Å². The highest BCUT2D eigenvalue weighted by molar-refractivity contribution is 9.09. The van der Waals surface area contributed by atoms with Gasteiger partial charge in [-0.15, -0.1) is 0 Å². The first-order valence-corrected chi connectivity index (χ1v) is 12.2. The van der Waals surface area contributed by atoms with Crippen LogP contribution in [0.3, 0.4) is 0 Å². The second kappa shape index (κ2) is 7.44. The Morgan fingerprint density at radius 1 is 1.10 bits per heavy atom. The molecule has 2 aliphatic carbocycles. The Morgan fingerprint density at radius 2 is 1.86 bits per heavy atom. The molecule has 1 heterocycles. The van der Waals surface area contributed by atoms with Crippen molar-refractivity contribution < 1.29 is 14.2 Å². The molecule has 0 aromatic heterocycles. The van der Waals surface area contributed by atoms with Crippen molar-refractivity contribution in [1.82, 2.24) is 0 Å². The van der Waals surface area contributed by atoms with Gasteiger partial charge < -0.3 is 14.2 Å². The Hall–Kier alpha value is -0.740. The summed E-state index contributed by atoms with van der Waals surface area (Å²) < 4.78 is 17.9. The van der Waals surface area contributed by atoms with Gasteiger partial charge in [0.2, 0.25) is 0 Å². The maximum atomic E-state index is 6.84. The lowest BCUT2D eigenvalue weighted by Crippen LogP contribution is -2.63. The molecule has 162 valence electrons. The number of methoxy groups -OCH3 is 1. The van der Waals surface area contributed by atoms with E-state index >= 15 is 0 Å². The molecule has 0 amide bonds. The van der Waals surface area contributed by atoms with Gasteiger partial charge in [0.1, 0.15) is 17.1 Å². The Labute approximate surface area is 185 Å². The number of halogens is 1. The molecule has 0 saturated heterocycles. The zero-order chi connectivity index (χ0) is 21.0. The minimum absolute atomic E-state index is 0.0760. The SMILES string of the molecule is CCc1cc2c(cc1OCOC)C[C@H]1[C@@]3(C)CC[C@H](Br)C(C)(C)[C@@H]3CC[C@@]1(C)O2. The molecule has 5 atom stereocenters. The molecule has 0 spiro atoms. The highest BCUT2D eigenvalue weighted by Crippen LogP contribution is 2.65. The van der Waals surface area contributed by atoms with Gasteiger partial charge in [0.15, 0.2) is 6.79 Å². The van der Waals surface area contributed by atoms with Crippen LogP contribution in [0.25, 0.3) is 0 Å². The first-order valence-electron chi connectivity index (χ1n) is 11.3. The number of ether oxygens (including phenoxy) is 3. The highest BCUT2D eigenvalue weighted by Gasteiger charge is 2.62. The number of alkyl halides is 1. The number of hydrogen-bond acceptors (Lipinski definition) is 3. The summed E-state index contributed by atoms with van der Waals surface area (Å²) in [6.07, 6.45) is 6.92. The maximum Gasteiger partial charge on any atom is 0.188 e. The first kappa shape index (κ1) is 21.5. The average Bonchev–Trinajstić information content (AvgIpc) is 2.67. The number of benzene rings is 1. The number of hydrogen-bond donors (Lipinski definition) is 0. The maximum absolute atomic E-state index is 6.84. The quantitative estimate of drug-likeness (QED) is 0.373. The van der Waals surface area contributed by atoms with Crippen molar-refractivity contribution in [2.75, 3.05) is 13.9 Å². The van der Waals surface area contributed by atoms with Crippen LogP contribution in [-0.4, -0.2) is 24.3 Å². The molecule has 0 radical (unpaired) electrons. The van der Waals surface area contributed by atoms with E-state index in [-0.39, 0.29) is 12.4 Å². The average molecular weight is 465 g/mol.